The lowest BCUT2D eigenvalue weighted by Gasteiger charge is -1.94. The van der Waals surface area contributed by atoms with Crippen molar-refractivity contribution in [2.24, 2.45) is 17.9 Å². The van der Waals surface area contributed by atoms with E-state index in [1.165, 1.54) is 0 Å². The van der Waals surface area contributed by atoms with Crippen LogP contribution in [0.25, 0.3) is 0 Å². The average molecular weight is 183 g/mol. The minimum absolute atomic E-state index is 0.147. The second kappa shape index (κ2) is 3.82. The summed E-state index contributed by atoms with van der Waals surface area (Å²) >= 11 is 4.55. The van der Waals surface area contributed by atoms with E-state index in [1.54, 1.807) is 17.1 Å². The van der Waals surface area contributed by atoms with Crippen molar-refractivity contribution >= 4 is 23.5 Å². The molecule has 0 saturated heterocycles. The number of hydrazone groups is 1. The molecule has 0 radical (unpaired) electrons. The molecule has 0 aliphatic carbocycles. The number of aromatic nitrogens is 2. The molecule has 0 saturated carbocycles. The first kappa shape index (κ1) is 8.66. The number of nitrogens with two attached hydrogens (primary N) is 1. The van der Waals surface area contributed by atoms with E-state index in [-0.39, 0.29) is 5.11 Å². The van der Waals surface area contributed by atoms with Crippen molar-refractivity contribution in [1.82, 2.24) is 15.2 Å². The third-order valence-electron chi connectivity index (χ3n) is 1.23. The lowest BCUT2D eigenvalue weighted by atomic mass is 10.5. The summed E-state index contributed by atoms with van der Waals surface area (Å²) in [7, 11) is 1.82. The highest BCUT2D eigenvalue weighted by atomic mass is 32.1. The maximum atomic E-state index is 5.15. The van der Waals surface area contributed by atoms with Crippen LogP contribution >= 0.6 is 12.2 Å². The Balaban J connectivity index is 2.57. The number of nitrogens with zero attached hydrogens (tertiary/aromatic N) is 3. The Labute approximate surface area is 75.2 Å². The maximum absolute atomic E-state index is 5.15. The summed E-state index contributed by atoms with van der Waals surface area (Å²) in [4.78, 5) is 0. The summed E-state index contributed by atoms with van der Waals surface area (Å²) in [6.07, 6.45) is 3.27. The normalized spacial score (nSPS) is 10.4. The van der Waals surface area contributed by atoms with Crippen molar-refractivity contribution in [3.05, 3.63) is 18.0 Å². The lowest BCUT2D eigenvalue weighted by molar-refractivity contribution is 0.761. The molecule has 3 N–H and O–H groups in total. The Morgan fingerprint density at radius 1 is 1.92 bits per heavy atom. The molecule has 5 nitrogen and oxygen atoms in total. The zero-order chi connectivity index (χ0) is 8.97. The molecule has 0 atom stereocenters. The van der Waals surface area contributed by atoms with Gasteiger partial charge < -0.3 is 5.73 Å². The van der Waals surface area contributed by atoms with Crippen LogP contribution in [0, 0.1) is 0 Å². The number of hydrogen-bond donors (Lipinski definition) is 2. The van der Waals surface area contributed by atoms with Crippen LogP contribution < -0.4 is 11.2 Å². The van der Waals surface area contributed by atoms with Crippen molar-refractivity contribution in [2.75, 3.05) is 0 Å². The van der Waals surface area contributed by atoms with Gasteiger partial charge >= 0.3 is 0 Å². The minimum atomic E-state index is 0.147. The van der Waals surface area contributed by atoms with E-state index < -0.39 is 0 Å². The van der Waals surface area contributed by atoms with E-state index in [2.05, 4.69) is 27.8 Å². The molecule has 0 amide bonds. The van der Waals surface area contributed by atoms with Crippen LogP contribution in [0.4, 0.5) is 0 Å². The molecule has 0 aromatic carbocycles. The van der Waals surface area contributed by atoms with Gasteiger partial charge in [0, 0.05) is 13.2 Å². The van der Waals surface area contributed by atoms with Crippen molar-refractivity contribution in [2.45, 2.75) is 0 Å². The van der Waals surface area contributed by atoms with Gasteiger partial charge in [-0.1, -0.05) is 0 Å². The van der Waals surface area contributed by atoms with Crippen LogP contribution in [0.3, 0.4) is 0 Å². The quantitative estimate of drug-likeness (QED) is 0.371. The standard InChI is InChI=1S/C6H9N5S/c1-11-5(2-3-9-11)4-8-10-6(7)12/h2-4H,1H3,(H3,7,10,12)/b8-4+. The molecule has 64 valence electrons. The highest BCUT2D eigenvalue weighted by molar-refractivity contribution is 7.80. The Bertz CT molecular complexity index is 303. The first-order valence-electron chi connectivity index (χ1n) is 3.26. The van der Waals surface area contributed by atoms with Gasteiger partial charge in [0.15, 0.2) is 5.11 Å². The summed E-state index contributed by atoms with van der Waals surface area (Å²) in [5.41, 5.74) is 8.48. The van der Waals surface area contributed by atoms with Gasteiger partial charge in [0.2, 0.25) is 0 Å². The summed E-state index contributed by atoms with van der Waals surface area (Å²) in [6, 6.07) is 1.82. The zero-order valence-corrected chi connectivity index (χ0v) is 7.38. The van der Waals surface area contributed by atoms with Gasteiger partial charge in [0.05, 0.1) is 11.9 Å². The van der Waals surface area contributed by atoms with Crippen molar-refractivity contribution in [1.29, 1.82) is 0 Å². The first-order valence-corrected chi connectivity index (χ1v) is 3.67. The molecule has 1 rings (SSSR count). The molecule has 0 aliphatic heterocycles. The maximum Gasteiger partial charge on any atom is 0.184 e. The van der Waals surface area contributed by atoms with Gasteiger partial charge in [-0.05, 0) is 18.3 Å². The molecular formula is C6H9N5S. The SMILES string of the molecule is Cn1nccc1/C=N/NC(N)=S. The van der Waals surface area contributed by atoms with Gasteiger partial charge in [-0.25, -0.2) is 0 Å². The number of rotatable bonds is 2. The largest absolute Gasteiger partial charge is 0.375 e. The molecule has 6 heteroatoms. The van der Waals surface area contributed by atoms with Crippen LogP contribution in [0.15, 0.2) is 17.4 Å². The second-order valence-corrected chi connectivity index (χ2v) is 2.55. The van der Waals surface area contributed by atoms with Crippen LogP contribution in [-0.4, -0.2) is 21.1 Å². The number of nitrogens with one attached hydrogen (secondary N) is 1. The molecule has 0 bridgehead atoms. The van der Waals surface area contributed by atoms with E-state index in [4.69, 9.17) is 5.73 Å². The Hall–Kier alpha value is -1.43. The lowest BCUT2D eigenvalue weighted by Crippen LogP contribution is -2.24. The van der Waals surface area contributed by atoms with Crippen molar-refractivity contribution < 1.29 is 0 Å². The molecule has 0 aliphatic rings. The van der Waals surface area contributed by atoms with Crippen molar-refractivity contribution in [3.8, 4) is 0 Å². The van der Waals surface area contributed by atoms with E-state index in [0.29, 0.717) is 0 Å². The number of hydrogen-bond acceptors (Lipinski definition) is 3. The third kappa shape index (κ3) is 2.31. The van der Waals surface area contributed by atoms with Gasteiger partial charge in [0.25, 0.3) is 0 Å². The summed E-state index contributed by atoms with van der Waals surface area (Å²) < 4.78 is 1.69. The highest BCUT2D eigenvalue weighted by Crippen LogP contribution is 1.89. The number of thiocarbonyl (C=S) groups is 1. The molecular weight excluding hydrogens is 174 g/mol. The van der Waals surface area contributed by atoms with E-state index in [0.717, 1.165) is 5.69 Å². The Morgan fingerprint density at radius 2 is 2.67 bits per heavy atom. The third-order valence-corrected chi connectivity index (χ3v) is 1.32. The summed E-state index contributed by atoms with van der Waals surface area (Å²) in [6.45, 7) is 0. The van der Waals surface area contributed by atoms with Crippen LogP contribution in [-0.2, 0) is 7.05 Å². The molecule has 12 heavy (non-hydrogen) atoms. The van der Waals surface area contributed by atoms with Gasteiger partial charge in [-0.3, -0.25) is 10.1 Å². The Morgan fingerprint density at radius 3 is 3.17 bits per heavy atom. The van der Waals surface area contributed by atoms with Gasteiger partial charge in [-0.15, -0.1) is 0 Å². The first-order chi connectivity index (χ1) is 5.70. The highest BCUT2D eigenvalue weighted by Gasteiger charge is 1.91. The Kier molecular flexibility index (Phi) is 2.76. The monoisotopic (exact) mass is 183 g/mol. The predicted molar refractivity (Wildman–Crippen MR) is 50.7 cm³/mol. The van der Waals surface area contributed by atoms with Gasteiger partial charge in [-0.2, -0.15) is 10.2 Å². The van der Waals surface area contributed by atoms with Crippen LogP contribution in [0.2, 0.25) is 0 Å². The molecule has 0 fully saturated rings. The van der Waals surface area contributed by atoms with Crippen LogP contribution in [0.1, 0.15) is 5.69 Å². The fraction of sp³-hybridized carbons (Fsp3) is 0.167. The topological polar surface area (TPSA) is 68.2 Å². The fourth-order valence-electron chi connectivity index (χ4n) is 0.673. The zero-order valence-electron chi connectivity index (χ0n) is 6.56. The predicted octanol–water partition coefficient (Wildman–Crippen LogP) is -0.413. The molecule has 0 unspecified atom stereocenters. The van der Waals surface area contributed by atoms with E-state index >= 15 is 0 Å². The van der Waals surface area contributed by atoms with E-state index in [9.17, 15) is 0 Å². The smallest absolute Gasteiger partial charge is 0.184 e. The summed E-state index contributed by atoms with van der Waals surface area (Å²) in [5.74, 6) is 0. The molecule has 1 aromatic heterocycles. The minimum Gasteiger partial charge on any atom is -0.375 e. The second-order valence-electron chi connectivity index (χ2n) is 2.11. The average Bonchev–Trinajstić information content (AvgIpc) is 2.36. The number of aryl methyl sites for hydroxylation is 1. The summed E-state index contributed by atoms with van der Waals surface area (Å²) in [5, 5.41) is 7.87. The van der Waals surface area contributed by atoms with E-state index in [1.807, 2.05) is 13.1 Å². The van der Waals surface area contributed by atoms with Crippen molar-refractivity contribution in [3.63, 3.8) is 0 Å². The van der Waals surface area contributed by atoms with Gasteiger partial charge in [0.1, 0.15) is 0 Å². The molecule has 1 heterocycles. The van der Waals surface area contributed by atoms with Crippen LogP contribution in [0.5, 0.6) is 0 Å². The molecule has 1 aromatic rings. The molecule has 0 spiro atoms. The fourth-order valence-corrected chi connectivity index (χ4v) is 0.726.